The molecule has 12 aromatic carbocycles. The highest BCUT2D eigenvalue weighted by atomic mass is 32.2. The third kappa shape index (κ3) is 9.79. The average molecular weight is 1170 g/mol. The summed E-state index contributed by atoms with van der Waals surface area (Å²) in [5.41, 5.74) is 29.2. The highest BCUT2D eigenvalue weighted by Gasteiger charge is 2.47. The largest absolute Gasteiger partial charge is 0.310 e. The van der Waals surface area contributed by atoms with Crippen molar-refractivity contribution in [2.75, 3.05) is 14.7 Å². The van der Waals surface area contributed by atoms with Gasteiger partial charge in [-0.1, -0.05) is 268 Å². The molecule has 15 rings (SSSR count). The summed E-state index contributed by atoms with van der Waals surface area (Å²) in [6.45, 7) is 21.1. The van der Waals surface area contributed by atoms with Crippen LogP contribution in [0.15, 0.2) is 283 Å². The van der Waals surface area contributed by atoms with Crippen molar-refractivity contribution in [1.82, 2.24) is 0 Å². The molecule has 0 aromatic heterocycles. The standard InChI is InChI=1S/C84H72BN3S/c1-82(2,3)61-48-65(56-31-17-11-18-32-56)80(66(49-61)57-33-19-12-20-34-57)87-71-46-43-60(55-29-15-10-16-30-55)47-70(71)85-69-45-44-64(86-72-39-25-27-41-77(72)89-78-42-28-26-40-73(78)86)54-74(69)88(76-53-63(84(7,8)9)52-75(87)79(76)85)81-67(58-35-21-13-22-36-58)50-62(83(4,5)6)51-68(81)59-37-23-14-24-38-59/h10-54H,1-9H3. The molecule has 0 bridgehead atoms. The smallest absolute Gasteiger partial charge is 0.252 e. The lowest BCUT2D eigenvalue weighted by atomic mass is 9.33. The number of fused-ring (bicyclic) bond motifs is 6. The van der Waals surface area contributed by atoms with Crippen LogP contribution >= 0.6 is 11.8 Å². The maximum atomic E-state index is 2.72. The quantitative estimate of drug-likeness (QED) is 0.140. The van der Waals surface area contributed by atoms with Gasteiger partial charge in [0.2, 0.25) is 0 Å². The maximum Gasteiger partial charge on any atom is 0.252 e. The molecule has 0 saturated heterocycles. The van der Waals surface area contributed by atoms with Crippen LogP contribution in [0.5, 0.6) is 0 Å². The highest BCUT2D eigenvalue weighted by molar-refractivity contribution is 7.99. The second kappa shape index (κ2) is 21.6. The normalized spacial score (nSPS) is 13.3. The Labute approximate surface area is 531 Å². The van der Waals surface area contributed by atoms with Crippen LogP contribution in [0, 0.1) is 0 Å². The predicted octanol–water partition coefficient (Wildman–Crippen LogP) is 21.9. The summed E-state index contributed by atoms with van der Waals surface area (Å²) in [7, 11) is 0. The molecule has 0 saturated carbocycles. The number of rotatable bonds is 8. The van der Waals surface area contributed by atoms with Crippen molar-refractivity contribution in [3.63, 3.8) is 0 Å². The number of hydrogen-bond acceptors (Lipinski definition) is 4. The lowest BCUT2D eigenvalue weighted by Gasteiger charge is -2.47. The second-order valence-corrected chi connectivity index (χ2v) is 28.4. The molecule has 0 fully saturated rings. The Morgan fingerprint density at radius 1 is 0.270 bits per heavy atom. The van der Waals surface area contributed by atoms with Crippen LogP contribution < -0.4 is 31.1 Å². The Morgan fingerprint density at radius 3 is 1.06 bits per heavy atom. The molecule has 3 nitrogen and oxygen atoms in total. The molecule has 5 heteroatoms. The zero-order valence-corrected chi connectivity index (χ0v) is 53.1. The summed E-state index contributed by atoms with van der Waals surface area (Å²) in [6.07, 6.45) is 0. The van der Waals surface area contributed by atoms with Crippen LogP contribution in [0.4, 0.5) is 51.2 Å². The van der Waals surface area contributed by atoms with E-state index in [0.717, 1.165) is 22.7 Å². The molecule has 432 valence electrons. The fourth-order valence-electron chi connectivity index (χ4n) is 13.8. The summed E-state index contributed by atoms with van der Waals surface area (Å²) in [5, 5.41) is 0. The molecule has 0 radical (unpaired) electrons. The lowest BCUT2D eigenvalue weighted by Crippen LogP contribution is -2.61. The van der Waals surface area contributed by atoms with E-state index in [2.05, 4.69) is 350 Å². The number of para-hydroxylation sites is 2. The average Bonchev–Trinajstić information content (AvgIpc) is 0.717. The second-order valence-electron chi connectivity index (χ2n) is 27.3. The lowest BCUT2D eigenvalue weighted by molar-refractivity contribution is 0.590. The van der Waals surface area contributed by atoms with Crippen LogP contribution in [0.2, 0.25) is 0 Å². The molecule has 0 unspecified atom stereocenters. The first-order valence-electron chi connectivity index (χ1n) is 31.4. The number of benzene rings is 12. The van der Waals surface area contributed by atoms with E-state index < -0.39 is 0 Å². The minimum Gasteiger partial charge on any atom is -0.310 e. The molecular weight excluding hydrogens is 1090 g/mol. The van der Waals surface area contributed by atoms with Crippen molar-refractivity contribution >= 4 is 86.0 Å². The van der Waals surface area contributed by atoms with Gasteiger partial charge in [0.25, 0.3) is 6.71 Å². The van der Waals surface area contributed by atoms with Gasteiger partial charge in [0.05, 0.1) is 22.7 Å². The van der Waals surface area contributed by atoms with Gasteiger partial charge in [0, 0.05) is 60.5 Å². The predicted molar refractivity (Wildman–Crippen MR) is 383 cm³/mol. The van der Waals surface area contributed by atoms with Crippen molar-refractivity contribution in [2.45, 2.75) is 88.3 Å². The van der Waals surface area contributed by atoms with Crippen LogP contribution in [0.3, 0.4) is 0 Å². The molecule has 12 aromatic rings. The number of anilines is 9. The first-order valence-corrected chi connectivity index (χ1v) is 32.3. The Hall–Kier alpha value is -9.55. The van der Waals surface area contributed by atoms with Crippen LogP contribution in [-0.4, -0.2) is 6.71 Å². The monoisotopic (exact) mass is 1170 g/mol. The number of hydrogen-bond donors (Lipinski definition) is 0. The maximum absolute atomic E-state index is 2.72. The van der Waals surface area contributed by atoms with E-state index in [1.807, 2.05) is 11.8 Å². The Bertz CT molecular complexity index is 4530. The van der Waals surface area contributed by atoms with Gasteiger partial charge < -0.3 is 14.7 Å². The van der Waals surface area contributed by atoms with E-state index in [9.17, 15) is 0 Å². The SMILES string of the molecule is CC(C)(C)c1cc(-c2ccccc2)c(N2c3ccc(-c4ccccc4)cc3B3c4ccc(N5c6ccccc6Sc6ccccc65)cc4N(c4c(-c5ccccc5)cc(C(C)(C)C)cc4-c4ccccc4)c4cc(C(C)(C)C)cc2c43)c(-c2ccccc2)c1. The molecule has 0 aliphatic carbocycles. The van der Waals surface area contributed by atoms with E-state index >= 15 is 0 Å². The molecule has 89 heavy (non-hydrogen) atoms. The molecule has 0 spiro atoms. The summed E-state index contributed by atoms with van der Waals surface area (Å²) >= 11 is 1.85. The van der Waals surface area contributed by atoms with Gasteiger partial charge in [-0.2, -0.15) is 0 Å². The van der Waals surface area contributed by atoms with E-state index in [1.54, 1.807) is 0 Å². The van der Waals surface area contributed by atoms with Crippen LogP contribution in [0.1, 0.15) is 79.0 Å². The minimum atomic E-state index is -0.280. The number of nitrogens with zero attached hydrogens (tertiary/aromatic N) is 3. The van der Waals surface area contributed by atoms with Crippen molar-refractivity contribution in [3.8, 4) is 55.6 Å². The molecule has 3 aliphatic rings. The zero-order valence-electron chi connectivity index (χ0n) is 52.3. The van der Waals surface area contributed by atoms with Gasteiger partial charge in [0.15, 0.2) is 0 Å². The Balaban J connectivity index is 1.14. The fourth-order valence-corrected chi connectivity index (χ4v) is 14.9. The topological polar surface area (TPSA) is 9.72 Å². The van der Waals surface area contributed by atoms with Crippen molar-refractivity contribution in [3.05, 3.63) is 290 Å². The van der Waals surface area contributed by atoms with Crippen LogP contribution in [-0.2, 0) is 16.2 Å². The fraction of sp³-hybridized carbons (Fsp3) is 0.143. The molecule has 0 atom stereocenters. The van der Waals surface area contributed by atoms with Gasteiger partial charge in [-0.3, -0.25) is 0 Å². The molecule has 3 aliphatic heterocycles. The van der Waals surface area contributed by atoms with Gasteiger partial charge >= 0.3 is 0 Å². The third-order valence-electron chi connectivity index (χ3n) is 18.5. The van der Waals surface area contributed by atoms with Gasteiger partial charge in [0.1, 0.15) is 0 Å². The molecule has 0 amide bonds. The summed E-state index contributed by atoms with van der Waals surface area (Å²) in [5.74, 6) is 0. The van der Waals surface area contributed by atoms with Gasteiger partial charge in [-0.25, -0.2) is 0 Å². The van der Waals surface area contributed by atoms with E-state index in [1.165, 1.54) is 127 Å². The van der Waals surface area contributed by atoms with Crippen molar-refractivity contribution < 1.29 is 0 Å². The van der Waals surface area contributed by atoms with Crippen molar-refractivity contribution in [1.29, 1.82) is 0 Å². The third-order valence-corrected chi connectivity index (χ3v) is 19.6. The summed E-state index contributed by atoms with van der Waals surface area (Å²) in [4.78, 5) is 10.4. The van der Waals surface area contributed by atoms with Crippen molar-refractivity contribution in [2.24, 2.45) is 0 Å². The highest BCUT2D eigenvalue weighted by Crippen LogP contribution is 2.57. The van der Waals surface area contributed by atoms with E-state index in [0.29, 0.717) is 0 Å². The Kier molecular flexibility index (Phi) is 13.6. The van der Waals surface area contributed by atoms with E-state index in [4.69, 9.17) is 0 Å². The first-order chi connectivity index (χ1) is 43.1. The molecule has 0 N–H and O–H groups in total. The molecule has 3 heterocycles. The Morgan fingerprint density at radius 2 is 0.640 bits per heavy atom. The summed E-state index contributed by atoms with van der Waals surface area (Å²) < 4.78 is 0. The van der Waals surface area contributed by atoms with Gasteiger partial charge in [-0.05, 0) is 162 Å². The minimum absolute atomic E-state index is 0.151. The first kappa shape index (κ1) is 56.0. The summed E-state index contributed by atoms with van der Waals surface area (Å²) in [6, 6.07) is 103. The van der Waals surface area contributed by atoms with E-state index in [-0.39, 0.29) is 23.0 Å². The van der Waals surface area contributed by atoms with Gasteiger partial charge in [-0.15, -0.1) is 0 Å². The molecular formula is C84H72BN3S. The zero-order chi connectivity index (χ0) is 60.9. The van der Waals surface area contributed by atoms with Crippen LogP contribution in [0.25, 0.3) is 55.6 Å².